The van der Waals surface area contributed by atoms with Crippen molar-refractivity contribution in [1.82, 2.24) is 9.97 Å². The van der Waals surface area contributed by atoms with Crippen LogP contribution in [0.15, 0.2) is 27.8 Å². The zero-order chi connectivity index (χ0) is 19.1. The minimum absolute atomic E-state index is 0.104. The summed E-state index contributed by atoms with van der Waals surface area (Å²) in [6.45, 7) is 6.37. The summed E-state index contributed by atoms with van der Waals surface area (Å²) in [5.74, 6) is 0.921. The fraction of sp³-hybridized carbons (Fsp3) is 0.389. The van der Waals surface area contributed by atoms with Gasteiger partial charge in [-0.25, -0.2) is 4.79 Å². The number of carbonyl (C=O) groups is 1. The van der Waals surface area contributed by atoms with Gasteiger partial charge in [0.25, 0.3) is 5.56 Å². The standard InChI is InChI=1S/C18H23N3O5/c1-4-25-14-8-6-12(10-15(14)26-5-2)20-16(22)9-7-13-11(3)19-18(24)21-17(13)23/h6,8,10H,4-5,7,9H2,1-3H3,(H,20,22)(H2,19,21,23,24). The predicted molar refractivity (Wildman–Crippen MR) is 98.2 cm³/mol. The smallest absolute Gasteiger partial charge is 0.325 e. The highest BCUT2D eigenvalue weighted by atomic mass is 16.5. The van der Waals surface area contributed by atoms with Crippen molar-refractivity contribution >= 4 is 11.6 Å². The number of benzene rings is 1. The summed E-state index contributed by atoms with van der Waals surface area (Å²) in [7, 11) is 0. The molecular weight excluding hydrogens is 338 g/mol. The van der Waals surface area contributed by atoms with E-state index >= 15 is 0 Å². The molecule has 2 rings (SSSR count). The van der Waals surface area contributed by atoms with Crippen LogP contribution >= 0.6 is 0 Å². The Bertz CT molecular complexity index is 885. The number of H-pyrrole nitrogens is 2. The Hall–Kier alpha value is -3.03. The average molecular weight is 361 g/mol. The van der Waals surface area contributed by atoms with Crippen LogP contribution in [-0.4, -0.2) is 29.1 Å². The van der Waals surface area contributed by atoms with Gasteiger partial charge >= 0.3 is 5.69 Å². The number of rotatable bonds is 8. The SMILES string of the molecule is CCOc1ccc(NC(=O)CCc2c(C)[nH]c(=O)[nH]c2=O)cc1OCC. The van der Waals surface area contributed by atoms with Crippen LogP contribution < -0.4 is 26.0 Å². The third kappa shape index (κ3) is 4.98. The summed E-state index contributed by atoms with van der Waals surface area (Å²) in [5.41, 5.74) is 0.402. The first-order valence-electron chi connectivity index (χ1n) is 8.46. The third-order valence-electron chi connectivity index (χ3n) is 3.68. The molecule has 0 bridgehead atoms. The maximum Gasteiger partial charge on any atom is 0.325 e. The lowest BCUT2D eigenvalue weighted by Crippen LogP contribution is -2.27. The Kier molecular flexibility index (Phi) is 6.60. The number of anilines is 1. The summed E-state index contributed by atoms with van der Waals surface area (Å²) in [4.78, 5) is 39.9. The molecule has 1 heterocycles. The van der Waals surface area contributed by atoms with E-state index in [2.05, 4.69) is 15.3 Å². The number of nitrogens with one attached hydrogen (secondary N) is 3. The van der Waals surface area contributed by atoms with Crippen LogP contribution in [0.5, 0.6) is 11.5 Å². The van der Waals surface area contributed by atoms with E-state index in [1.165, 1.54) is 0 Å². The van der Waals surface area contributed by atoms with Crippen molar-refractivity contribution in [3.8, 4) is 11.5 Å². The lowest BCUT2D eigenvalue weighted by Gasteiger charge is -2.13. The highest BCUT2D eigenvalue weighted by Crippen LogP contribution is 2.30. The van der Waals surface area contributed by atoms with E-state index < -0.39 is 11.2 Å². The molecule has 0 fully saturated rings. The second-order valence-corrected chi connectivity index (χ2v) is 5.59. The highest BCUT2D eigenvalue weighted by molar-refractivity contribution is 5.91. The first-order valence-corrected chi connectivity index (χ1v) is 8.46. The van der Waals surface area contributed by atoms with Crippen LogP contribution in [0.1, 0.15) is 31.5 Å². The first-order chi connectivity index (χ1) is 12.4. The molecule has 0 saturated heterocycles. The van der Waals surface area contributed by atoms with Gasteiger partial charge in [0.15, 0.2) is 11.5 Å². The number of aromatic amines is 2. The van der Waals surface area contributed by atoms with Crippen molar-refractivity contribution in [2.75, 3.05) is 18.5 Å². The summed E-state index contributed by atoms with van der Waals surface area (Å²) in [5, 5.41) is 2.77. The maximum absolute atomic E-state index is 12.2. The van der Waals surface area contributed by atoms with Gasteiger partial charge in [-0.3, -0.25) is 14.6 Å². The van der Waals surface area contributed by atoms with E-state index in [0.717, 1.165) is 0 Å². The summed E-state index contributed by atoms with van der Waals surface area (Å²) in [6.07, 6.45) is 0.326. The van der Waals surface area contributed by atoms with E-state index in [1.54, 1.807) is 25.1 Å². The zero-order valence-electron chi connectivity index (χ0n) is 15.1. The topological polar surface area (TPSA) is 113 Å². The van der Waals surface area contributed by atoms with Crippen molar-refractivity contribution < 1.29 is 14.3 Å². The molecule has 1 aromatic heterocycles. The summed E-state index contributed by atoms with van der Waals surface area (Å²) < 4.78 is 11.0. The van der Waals surface area contributed by atoms with Gasteiger partial charge in [0.1, 0.15) is 0 Å². The quantitative estimate of drug-likeness (QED) is 0.663. The van der Waals surface area contributed by atoms with E-state index in [1.807, 2.05) is 13.8 Å². The second-order valence-electron chi connectivity index (χ2n) is 5.59. The number of carbonyl (C=O) groups excluding carboxylic acids is 1. The molecule has 0 saturated carbocycles. The minimum Gasteiger partial charge on any atom is -0.490 e. The van der Waals surface area contributed by atoms with Crippen LogP contribution in [0, 0.1) is 6.92 Å². The van der Waals surface area contributed by atoms with Crippen molar-refractivity contribution in [3.05, 3.63) is 50.3 Å². The Balaban J connectivity index is 2.05. The van der Waals surface area contributed by atoms with E-state index in [9.17, 15) is 14.4 Å². The van der Waals surface area contributed by atoms with Gasteiger partial charge in [-0.05, 0) is 39.3 Å². The molecule has 8 heteroatoms. The lowest BCUT2D eigenvalue weighted by atomic mass is 10.1. The van der Waals surface area contributed by atoms with Gasteiger partial charge < -0.3 is 19.8 Å². The molecule has 0 spiro atoms. The Morgan fingerprint density at radius 2 is 1.77 bits per heavy atom. The van der Waals surface area contributed by atoms with Crippen LogP contribution in [0.4, 0.5) is 5.69 Å². The molecule has 1 aromatic carbocycles. The van der Waals surface area contributed by atoms with Gasteiger partial charge in [0, 0.05) is 29.4 Å². The number of hydrogen-bond donors (Lipinski definition) is 3. The van der Waals surface area contributed by atoms with Crippen LogP contribution in [0.2, 0.25) is 0 Å². The second kappa shape index (κ2) is 8.89. The van der Waals surface area contributed by atoms with Crippen molar-refractivity contribution in [2.45, 2.75) is 33.6 Å². The summed E-state index contributed by atoms with van der Waals surface area (Å²) in [6, 6.07) is 5.16. The van der Waals surface area contributed by atoms with Crippen molar-refractivity contribution in [2.24, 2.45) is 0 Å². The van der Waals surface area contributed by atoms with E-state index in [-0.39, 0.29) is 18.7 Å². The largest absolute Gasteiger partial charge is 0.490 e. The molecule has 2 aromatic rings. The van der Waals surface area contributed by atoms with E-state index in [4.69, 9.17) is 9.47 Å². The first kappa shape index (κ1) is 19.3. The molecule has 1 amide bonds. The minimum atomic E-state index is -0.557. The lowest BCUT2D eigenvalue weighted by molar-refractivity contribution is -0.116. The maximum atomic E-state index is 12.2. The fourth-order valence-electron chi connectivity index (χ4n) is 2.52. The van der Waals surface area contributed by atoms with Crippen LogP contribution in [0.25, 0.3) is 0 Å². The zero-order valence-corrected chi connectivity index (χ0v) is 15.1. The molecule has 3 N–H and O–H groups in total. The van der Waals surface area contributed by atoms with Crippen LogP contribution in [-0.2, 0) is 11.2 Å². The van der Waals surface area contributed by atoms with Gasteiger partial charge in [0.05, 0.1) is 13.2 Å². The molecular formula is C18H23N3O5. The van der Waals surface area contributed by atoms with Crippen molar-refractivity contribution in [3.63, 3.8) is 0 Å². The molecule has 8 nitrogen and oxygen atoms in total. The Morgan fingerprint density at radius 1 is 1.08 bits per heavy atom. The molecule has 0 unspecified atom stereocenters. The Labute approximate surface area is 150 Å². The molecule has 140 valence electrons. The number of aromatic nitrogens is 2. The Morgan fingerprint density at radius 3 is 2.42 bits per heavy atom. The van der Waals surface area contributed by atoms with Crippen LogP contribution in [0.3, 0.4) is 0 Å². The van der Waals surface area contributed by atoms with Gasteiger partial charge in [0.2, 0.25) is 5.91 Å². The molecule has 0 atom stereocenters. The van der Waals surface area contributed by atoms with Gasteiger partial charge in [-0.1, -0.05) is 0 Å². The summed E-state index contributed by atoms with van der Waals surface area (Å²) >= 11 is 0. The van der Waals surface area contributed by atoms with Gasteiger partial charge in [-0.15, -0.1) is 0 Å². The number of amides is 1. The normalized spacial score (nSPS) is 10.4. The fourth-order valence-corrected chi connectivity index (χ4v) is 2.52. The third-order valence-corrected chi connectivity index (χ3v) is 3.68. The predicted octanol–water partition coefficient (Wildman–Crippen LogP) is 1.74. The van der Waals surface area contributed by atoms with Gasteiger partial charge in [-0.2, -0.15) is 0 Å². The van der Waals surface area contributed by atoms with Crippen molar-refractivity contribution in [1.29, 1.82) is 0 Å². The average Bonchev–Trinajstić information content (AvgIpc) is 2.56. The van der Waals surface area contributed by atoms with E-state index in [0.29, 0.717) is 41.7 Å². The molecule has 0 aliphatic carbocycles. The molecule has 0 aliphatic heterocycles. The molecule has 0 radical (unpaired) electrons. The molecule has 0 aliphatic rings. The highest BCUT2D eigenvalue weighted by Gasteiger charge is 2.11. The molecule has 26 heavy (non-hydrogen) atoms. The number of ether oxygens (including phenoxy) is 2. The number of aryl methyl sites for hydroxylation is 1. The monoisotopic (exact) mass is 361 g/mol. The number of hydrogen-bond acceptors (Lipinski definition) is 5.